The van der Waals surface area contributed by atoms with Crippen LogP contribution in [0.2, 0.25) is 0 Å². The summed E-state index contributed by atoms with van der Waals surface area (Å²) in [5.74, 6) is 0.207. The van der Waals surface area contributed by atoms with Crippen molar-refractivity contribution in [2.75, 3.05) is 25.3 Å². The summed E-state index contributed by atoms with van der Waals surface area (Å²) in [7, 11) is 3.07. The summed E-state index contributed by atoms with van der Waals surface area (Å²) >= 11 is 2.43. The number of allylic oxidation sites excluding steroid dienone is 1. The van der Waals surface area contributed by atoms with Crippen molar-refractivity contribution in [3.8, 4) is 17.6 Å². The smallest absolute Gasteiger partial charge is 0.236 e. The Morgan fingerprint density at radius 3 is 2.86 bits per heavy atom. The molecule has 2 aromatic rings. The number of nitrogens with zero attached hydrogens (tertiary/aromatic N) is 2. The molecule has 0 radical (unpaired) electrons. The van der Waals surface area contributed by atoms with Crippen molar-refractivity contribution in [1.29, 1.82) is 5.26 Å². The van der Waals surface area contributed by atoms with Gasteiger partial charge in [0.25, 0.3) is 0 Å². The van der Waals surface area contributed by atoms with Crippen LogP contribution in [0.5, 0.6) is 11.5 Å². The number of hydrogen-bond acceptors (Lipinski definition) is 8. The van der Waals surface area contributed by atoms with E-state index in [4.69, 9.17) is 9.47 Å². The minimum absolute atomic E-state index is 0.0407. The van der Waals surface area contributed by atoms with Crippen LogP contribution in [-0.4, -0.2) is 36.8 Å². The maximum absolute atomic E-state index is 12.3. The van der Waals surface area contributed by atoms with E-state index in [1.807, 2.05) is 0 Å². The predicted octanol–water partition coefficient (Wildman–Crippen LogP) is 2.87. The average Bonchev–Trinajstić information content (AvgIpc) is 3.24. The van der Waals surface area contributed by atoms with Gasteiger partial charge in [-0.3, -0.25) is 9.59 Å². The summed E-state index contributed by atoms with van der Waals surface area (Å²) in [5.41, 5.74) is 1.17. The summed E-state index contributed by atoms with van der Waals surface area (Å²) in [6, 6.07) is 7.49. The van der Waals surface area contributed by atoms with Crippen LogP contribution in [0.25, 0.3) is 0 Å². The standard InChI is InChI=1S/C19H18N4O4S2/c1-26-14-4-3-11(7-15(14)27-2)12-8-16(24)22-18(13(12)9-20)29-10-17(25)23-19-21-5-6-28-19/h3-7,12H,8,10H2,1-2H3,(H,22,24)(H,21,23,25)/t12-/m0/s1. The van der Waals surface area contributed by atoms with Crippen LogP contribution in [-0.2, 0) is 9.59 Å². The molecule has 0 saturated carbocycles. The molecule has 1 aromatic heterocycles. The van der Waals surface area contributed by atoms with E-state index < -0.39 is 5.92 Å². The molecule has 0 saturated heterocycles. The molecule has 0 unspecified atom stereocenters. The van der Waals surface area contributed by atoms with Crippen molar-refractivity contribution in [3.05, 3.63) is 45.9 Å². The summed E-state index contributed by atoms with van der Waals surface area (Å²) in [6.45, 7) is 0. The number of carbonyl (C=O) groups is 2. The van der Waals surface area contributed by atoms with E-state index in [0.29, 0.717) is 27.2 Å². The molecule has 1 aliphatic heterocycles. The van der Waals surface area contributed by atoms with E-state index in [2.05, 4.69) is 21.7 Å². The highest BCUT2D eigenvalue weighted by Crippen LogP contribution is 2.39. The highest BCUT2D eigenvalue weighted by molar-refractivity contribution is 8.03. The maximum atomic E-state index is 12.3. The molecule has 1 aliphatic rings. The Labute approximate surface area is 175 Å². The number of benzene rings is 1. The molecular formula is C19H18N4O4S2. The molecule has 2 heterocycles. The van der Waals surface area contributed by atoms with Gasteiger partial charge >= 0.3 is 0 Å². The lowest BCUT2D eigenvalue weighted by Gasteiger charge is -2.25. The van der Waals surface area contributed by atoms with Crippen molar-refractivity contribution in [2.24, 2.45) is 0 Å². The highest BCUT2D eigenvalue weighted by atomic mass is 32.2. The maximum Gasteiger partial charge on any atom is 0.236 e. The molecule has 8 nitrogen and oxygen atoms in total. The number of amides is 2. The van der Waals surface area contributed by atoms with Crippen molar-refractivity contribution >= 4 is 40.0 Å². The number of rotatable bonds is 7. The third-order valence-corrected chi connectivity index (χ3v) is 5.90. The van der Waals surface area contributed by atoms with Crippen LogP contribution < -0.4 is 20.1 Å². The fourth-order valence-corrected chi connectivity index (χ4v) is 4.29. The van der Waals surface area contributed by atoms with Crippen molar-refractivity contribution in [2.45, 2.75) is 12.3 Å². The predicted molar refractivity (Wildman–Crippen MR) is 111 cm³/mol. The van der Waals surface area contributed by atoms with Crippen LogP contribution in [0.3, 0.4) is 0 Å². The number of thiazole rings is 1. The van der Waals surface area contributed by atoms with Gasteiger partial charge in [0.05, 0.1) is 36.6 Å². The normalized spacial score (nSPS) is 16.0. The summed E-state index contributed by atoms with van der Waals surface area (Å²) in [6.07, 6.45) is 1.73. The molecule has 150 valence electrons. The van der Waals surface area contributed by atoms with Gasteiger partial charge in [-0.2, -0.15) is 5.26 Å². The molecule has 0 fully saturated rings. The summed E-state index contributed by atoms with van der Waals surface area (Å²) in [4.78, 5) is 28.4. The Morgan fingerprint density at radius 2 is 2.21 bits per heavy atom. The van der Waals surface area contributed by atoms with Crippen molar-refractivity contribution < 1.29 is 19.1 Å². The van der Waals surface area contributed by atoms with Gasteiger partial charge in [-0.1, -0.05) is 17.8 Å². The van der Waals surface area contributed by atoms with E-state index in [9.17, 15) is 14.9 Å². The van der Waals surface area contributed by atoms with Gasteiger partial charge in [-0.05, 0) is 17.7 Å². The Bertz CT molecular complexity index is 983. The van der Waals surface area contributed by atoms with E-state index in [0.717, 1.165) is 17.3 Å². The second-order valence-corrected chi connectivity index (χ2v) is 7.83. The quantitative estimate of drug-likeness (QED) is 0.694. The fourth-order valence-electron chi connectivity index (χ4n) is 2.87. The molecule has 0 bridgehead atoms. The van der Waals surface area contributed by atoms with Gasteiger partial charge in [0.15, 0.2) is 16.6 Å². The van der Waals surface area contributed by atoms with Crippen molar-refractivity contribution in [3.63, 3.8) is 0 Å². The minimum Gasteiger partial charge on any atom is -0.493 e. The topological polar surface area (TPSA) is 113 Å². The summed E-state index contributed by atoms with van der Waals surface area (Å²) < 4.78 is 10.6. The zero-order valence-electron chi connectivity index (χ0n) is 15.7. The number of thioether (sulfide) groups is 1. The van der Waals surface area contributed by atoms with E-state index >= 15 is 0 Å². The summed E-state index contributed by atoms with van der Waals surface area (Å²) in [5, 5.41) is 17.8. The third-order valence-electron chi connectivity index (χ3n) is 4.19. The lowest BCUT2D eigenvalue weighted by molar-refractivity contribution is -0.121. The van der Waals surface area contributed by atoms with E-state index in [1.54, 1.807) is 29.8 Å². The van der Waals surface area contributed by atoms with Crippen LogP contribution in [0.1, 0.15) is 17.9 Å². The van der Waals surface area contributed by atoms with Crippen LogP contribution in [0, 0.1) is 11.3 Å². The molecule has 0 aliphatic carbocycles. The number of nitrogens with one attached hydrogen (secondary N) is 2. The van der Waals surface area contributed by atoms with Gasteiger partial charge in [-0.25, -0.2) is 4.98 Å². The first-order chi connectivity index (χ1) is 14.0. The number of methoxy groups -OCH3 is 2. The van der Waals surface area contributed by atoms with Gasteiger partial charge in [-0.15, -0.1) is 11.3 Å². The number of anilines is 1. The molecule has 10 heteroatoms. The monoisotopic (exact) mass is 430 g/mol. The Morgan fingerprint density at radius 1 is 1.41 bits per heavy atom. The third kappa shape index (κ3) is 4.88. The first-order valence-corrected chi connectivity index (χ1v) is 10.4. The lowest BCUT2D eigenvalue weighted by Crippen LogP contribution is -2.31. The first kappa shape index (κ1) is 20.7. The number of aromatic nitrogens is 1. The Hall–Kier alpha value is -3.03. The highest BCUT2D eigenvalue weighted by Gasteiger charge is 2.30. The fraction of sp³-hybridized carbons (Fsp3) is 0.263. The SMILES string of the molecule is COc1ccc([C@@H]2CC(=O)NC(SCC(=O)Nc3nccs3)=C2C#N)cc1OC. The first-order valence-electron chi connectivity index (χ1n) is 8.54. The molecule has 1 atom stereocenters. The lowest BCUT2D eigenvalue weighted by atomic mass is 9.87. The number of ether oxygens (including phenoxy) is 2. The average molecular weight is 431 g/mol. The molecule has 3 rings (SSSR count). The van der Waals surface area contributed by atoms with Crippen LogP contribution >= 0.6 is 23.1 Å². The Kier molecular flexibility index (Phi) is 6.74. The molecular weight excluding hydrogens is 412 g/mol. The van der Waals surface area contributed by atoms with Crippen LogP contribution in [0.15, 0.2) is 40.4 Å². The van der Waals surface area contributed by atoms with Gasteiger partial charge in [0, 0.05) is 23.9 Å². The molecule has 2 N–H and O–H groups in total. The largest absolute Gasteiger partial charge is 0.493 e. The zero-order valence-corrected chi connectivity index (χ0v) is 17.4. The molecule has 29 heavy (non-hydrogen) atoms. The van der Waals surface area contributed by atoms with Crippen LogP contribution in [0.4, 0.5) is 5.13 Å². The van der Waals surface area contributed by atoms with E-state index in [1.165, 1.54) is 25.6 Å². The zero-order chi connectivity index (χ0) is 20.8. The second kappa shape index (κ2) is 9.45. The molecule has 2 amide bonds. The van der Waals surface area contributed by atoms with Crippen molar-refractivity contribution in [1.82, 2.24) is 10.3 Å². The van der Waals surface area contributed by atoms with Gasteiger partial charge in [0.2, 0.25) is 11.8 Å². The minimum atomic E-state index is -0.432. The number of hydrogen-bond donors (Lipinski definition) is 2. The number of carbonyl (C=O) groups excluding carboxylic acids is 2. The van der Waals surface area contributed by atoms with Gasteiger partial charge in [0.1, 0.15) is 0 Å². The molecule has 0 spiro atoms. The number of nitriles is 1. The Balaban J connectivity index is 1.82. The molecule has 1 aromatic carbocycles. The van der Waals surface area contributed by atoms with Gasteiger partial charge < -0.3 is 20.1 Å². The second-order valence-electron chi connectivity index (χ2n) is 5.95. The van der Waals surface area contributed by atoms with E-state index in [-0.39, 0.29) is 24.0 Å².